The Kier molecular flexibility index (Phi) is 5.66. The zero-order valence-electron chi connectivity index (χ0n) is 11.7. The minimum Gasteiger partial charge on any atom is -0.328 e. The summed E-state index contributed by atoms with van der Waals surface area (Å²) in [5.41, 5.74) is 3.25. The molecule has 104 valence electrons. The zero-order valence-corrected chi connectivity index (χ0v) is 12.6. The number of allylic oxidation sites excluding steroid dienone is 1. The summed E-state index contributed by atoms with van der Waals surface area (Å²) in [6.45, 7) is 2.90. The Morgan fingerprint density at radius 3 is 2.80 bits per heavy atom. The minimum atomic E-state index is 0.674. The van der Waals surface area contributed by atoms with E-state index in [9.17, 15) is 0 Å². The Morgan fingerprint density at radius 2 is 2.10 bits per heavy atom. The van der Waals surface area contributed by atoms with Gasteiger partial charge in [0.15, 0.2) is 0 Å². The molecule has 1 aromatic carbocycles. The third-order valence-corrected chi connectivity index (χ3v) is 3.33. The highest BCUT2D eigenvalue weighted by molar-refractivity contribution is 7.78. The van der Waals surface area contributed by atoms with Crippen molar-refractivity contribution >= 4 is 35.0 Å². The number of thiocarbonyl (C=S) groups is 1. The van der Waals surface area contributed by atoms with Crippen molar-refractivity contribution in [3.05, 3.63) is 36.0 Å². The normalized spacial score (nSPS) is 13.8. The van der Waals surface area contributed by atoms with Gasteiger partial charge in [0.05, 0.1) is 10.8 Å². The maximum atomic E-state index is 4.60. The van der Waals surface area contributed by atoms with Crippen LogP contribution in [0.2, 0.25) is 0 Å². The van der Waals surface area contributed by atoms with Gasteiger partial charge in [0.2, 0.25) is 0 Å². The van der Waals surface area contributed by atoms with Gasteiger partial charge in [0.1, 0.15) is 6.67 Å². The third-order valence-electron chi connectivity index (χ3n) is 3.24. The van der Waals surface area contributed by atoms with Crippen molar-refractivity contribution in [2.45, 2.75) is 32.6 Å². The molecule has 0 fully saturated rings. The van der Waals surface area contributed by atoms with Crippen LogP contribution in [0.4, 0.5) is 11.4 Å². The van der Waals surface area contributed by atoms with E-state index in [4.69, 9.17) is 0 Å². The number of rotatable bonds is 6. The lowest BCUT2D eigenvalue weighted by molar-refractivity contribution is 0.719. The smallest absolute Gasteiger partial charge is 0.114 e. The zero-order chi connectivity index (χ0) is 14.2. The molecule has 0 bridgehead atoms. The molecule has 0 aromatic heterocycles. The number of aliphatic imine (C=N–C) groups is 2. The van der Waals surface area contributed by atoms with Gasteiger partial charge >= 0.3 is 0 Å². The number of isothiocyanates is 1. The fourth-order valence-corrected chi connectivity index (χ4v) is 2.26. The molecule has 1 aromatic rings. The Hall–Kier alpha value is -1.77. The average molecular weight is 285 g/mol. The molecule has 0 atom stereocenters. The summed E-state index contributed by atoms with van der Waals surface area (Å²) in [6.07, 6.45) is 9.04. The Morgan fingerprint density at radius 1 is 1.30 bits per heavy atom. The van der Waals surface area contributed by atoms with E-state index in [2.05, 4.69) is 45.4 Å². The molecule has 0 spiro atoms. The largest absolute Gasteiger partial charge is 0.328 e. The second-order valence-electron chi connectivity index (χ2n) is 4.80. The van der Waals surface area contributed by atoms with Crippen LogP contribution >= 0.6 is 12.2 Å². The molecule has 0 saturated carbocycles. The highest BCUT2D eigenvalue weighted by Crippen LogP contribution is 2.22. The van der Waals surface area contributed by atoms with Gasteiger partial charge in [0.25, 0.3) is 0 Å². The molecule has 3 nitrogen and oxygen atoms in total. The number of hydrogen-bond acceptors (Lipinski definition) is 4. The first-order chi connectivity index (χ1) is 9.83. The van der Waals surface area contributed by atoms with E-state index in [1.165, 1.54) is 24.8 Å². The Bertz CT molecular complexity index is 539. The molecular formula is C16H19N3S. The Balaban J connectivity index is 2.04. The monoisotopic (exact) mass is 285 g/mol. The first-order valence-electron chi connectivity index (χ1n) is 6.98. The van der Waals surface area contributed by atoms with Crippen LogP contribution in [-0.2, 0) is 0 Å². The lowest BCUT2D eigenvalue weighted by Crippen LogP contribution is -2.20. The molecule has 1 aliphatic heterocycles. The second-order valence-corrected chi connectivity index (χ2v) is 4.99. The SMILES string of the molecule is CCCCCC1=CN(c2ccc(N=C=S)cc2)CN=C1. The van der Waals surface area contributed by atoms with E-state index in [1.54, 1.807) is 0 Å². The fraction of sp³-hybridized carbons (Fsp3) is 0.375. The summed E-state index contributed by atoms with van der Waals surface area (Å²) in [5, 5.41) is 2.38. The van der Waals surface area contributed by atoms with E-state index in [0.717, 1.165) is 17.8 Å². The van der Waals surface area contributed by atoms with Crippen molar-refractivity contribution in [2.24, 2.45) is 9.98 Å². The molecular weight excluding hydrogens is 266 g/mol. The van der Waals surface area contributed by atoms with E-state index in [1.807, 2.05) is 30.5 Å². The van der Waals surface area contributed by atoms with Crippen molar-refractivity contribution < 1.29 is 0 Å². The standard InChI is InChI=1S/C16H19N3S/c1-2-3-4-5-14-10-17-12-19(11-14)16-8-6-15(7-9-16)18-13-20/h6-11H,2-5,12H2,1H3. The van der Waals surface area contributed by atoms with E-state index in [-0.39, 0.29) is 0 Å². The van der Waals surface area contributed by atoms with E-state index in [0.29, 0.717) is 6.67 Å². The van der Waals surface area contributed by atoms with Crippen LogP contribution in [-0.4, -0.2) is 18.0 Å². The summed E-state index contributed by atoms with van der Waals surface area (Å²) in [5.74, 6) is 0. The molecule has 20 heavy (non-hydrogen) atoms. The van der Waals surface area contributed by atoms with Crippen LogP contribution in [0.25, 0.3) is 0 Å². The molecule has 0 N–H and O–H groups in total. The lowest BCUT2D eigenvalue weighted by atomic mass is 10.1. The van der Waals surface area contributed by atoms with Crippen LogP contribution in [0.15, 0.2) is 46.0 Å². The van der Waals surface area contributed by atoms with Crippen LogP contribution in [0.1, 0.15) is 32.6 Å². The van der Waals surface area contributed by atoms with Gasteiger partial charge < -0.3 is 4.90 Å². The lowest BCUT2D eigenvalue weighted by Gasteiger charge is -2.22. The van der Waals surface area contributed by atoms with Gasteiger partial charge in [-0.25, -0.2) is 0 Å². The number of anilines is 1. The molecule has 0 saturated heterocycles. The predicted molar refractivity (Wildman–Crippen MR) is 89.2 cm³/mol. The predicted octanol–water partition coefficient (Wildman–Crippen LogP) is 4.73. The quantitative estimate of drug-likeness (QED) is 0.429. The fourth-order valence-electron chi connectivity index (χ4n) is 2.16. The molecule has 1 aliphatic rings. The van der Waals surface area contributed by atoms with Gasteiger partial charge in [-0.3, -0.25) is 4.99 Å². The first kappa shape index (κ1) is 14.6. The second kappa shape index (κ2) is 7.73. The summed E-state index contributed by atoms with van der Waals surface area (Å²) in [6, 6.07) is 7.95. The van der Waals surface area contributed by atoms with Crippen molar-refractivity contribution in [3.63, 3.8) is 0 Å². The van der Waals surface area contributed by atoms with Crippen LogP contribution in [0, 0.1) is 0 Å². The highest BCUT2D eigenvalue weighted by atomic mass is 32.1. The minimum absolute atomic E-state index is 0.674. The van der Waals surface area contributed by atoms with E-state index < -0.39 is 0 Å². The molecule has 2 rings (SSSR count). The maximum Gasteiger partial charge on any atom is 0.114 e. The number of benzene rings is 1. The molecule has 0 unspecified atom stereocenters. The van der Waals surface area contributed by atoms with Gasteiger partial charge in [-0.15, -0.1) is 0 Å². The number of unbranched alkanes of at least 4 members (excludes halogenated alkanes) is 2. The summed E-state index contributed by atoms with van der Waals surface area (Å²) in [7, 11) is 0. The molecule has 4 heteroatoms. The summed E-state index contributed by atoms with van der Waals surface area (Å²) < 4.78 is 0. The van der Waals surface area contributed by atoms with Gasteiger partial charge in [-0.1, -0.05) is 19.8 Å². The third kappa shape index (κ3) is 4.12. The van der Waals surface area contributed by atoms with Crippen LogP contribution in [0.5, 0.6) is 0 Å². The van der Waals surface area contributed by atoms with Crippen LogP contribution < -0.4 is 4.90 Å². The molecule has 0 radical (unpaired) electrons. The maximum absolute atomic E-state index is 4.60. The summed E-state index contributed by atoms with van der Waals surface area (Å²) in [4.78, 5) is 10.6. The number of hydrogen-bond donors (Lipinski definition) is 0. The van der Waals surface area contributed by atoms with Crippen molar-refractivity contribution in [1.29, 1.82) is 0 Å². The van der Waals surface area contributed by atoms with Crippen LogP contribution in [0.3, 0.4) is 0 Å². The summed E-state index contributed by atoms with van der Waals surface area (Å²) >= 11 is 4.60. The van der Waals surface area contributed by atoms with Gasteiger partial charge in [0, 0.05) is 18.1 Å². The molecule has 0 aliphatic carbocycles. The van der Waals surface area contributed by atoms with Crippen molar-refractivity contribution in [3.8, 4) is 0 Å². The first-order valence-corrected chi connectivity index (χ1v) is 7.39. The van der Waals surface area contributed by atoms with Crippen molar-refractivity contribution in [1.82, 2.24) is 0 Å². The van der Waals surface area contributed by atoms with Gasteiger partial charge in [-0.2, -0.15) is 4.99 Å². The van der Waals surface area contributed by atoms with E-state index >= 15 is 0 Å². The number of nitrogens with zero attached hydrogens (tertiary/aromatic N) is 3. The Labute approximate surface area is 125 Å². The average Bonchev–Trinajstić information content (AvgIpc) is 2.49. The van der Waals surface area contributed by atoms with Crippen molar-refractivity contribution in [2.75, 3.05) is 11.6 Å². The van der Waals surface area contributed by atoms with Gasteiger partial charge in [-0.05, 0) is 54.9 Å². The topological polar surface area (TPSA) is 28.0 Å². The molecule has 0 amide bonds. The highest BCUT2D eigenvalue weighted by Gasteiger charge is 2.08. The molecule has 1 heterocycles.